The maximum atomic E-state index is 13.6. The van der Waals surface area contributed by atoms with E-state index in [1.807, 2.05) is 6.07 Å². The van der Waals surface area contributed by atoms with Crippen molar-refractivity contribution in [3.05, 3.63) is 70.9 Å². The highest BCUT2D eigenvalue weighted by atomic mass is 19.4. The number of hydrogen-bond acceptors (Lipinski definition) is 7. The van der Waals surface area contributed by atoms with Crippen LogP contribution in [-0.4, -0.2) is 41.0 Å². The average molecular weight is 496 g/mol. The largest absolute Gasteiger partial charge is 0.495 e. The van der Waals surface area contributed by atoms with Gasteiger partial charge in [-0.05, 0) is 48.7 Å². The molecule has 8 nitrogen and oxygen atoms in total. The highest BCUT2D eigenvalue weighted by molar-refractivity contribution is 5.95. The number of hydrogen-bond donors (Lipinski definition) is 2. The Morgan fingerprint density at radius 1 is 1.19 bits per heavy atom. The Morgan fingerprint density at radius 3 is 2.67 bits per heavy atom. The number of aromatic nitrogens is 2. The minimum absolute atomic E-state index is 0.0195. The van der Waals surface area contributed by atoms with E-state index in [-0.39, 0.29) is 18.4 Å². The molecule has 2 heterocycles. The van der Waals surface area contributed by atoms with Gasteiger partial charge in [-0.15, -0.1) is 0 Å². The predicted molar refractivity (Wildman–Crippen MR) is 127 cm³/mol. The summed E-state index contributed by atoms with van der Waals surface area (Å²) in [5.74, 6) is -0.281. The number of nitrogens with one attached hydrogen (secondary N) is 2. The minimum atomic E-state index is -4.68. The van der Waals surface area contributed by atoms with Crippen LogP contribution in [-0.2, 0) is 12.7 Å². The number of amides is 1. The van der Waals surface area contributed by atoms with Crippen molar-refractivity contribution in [1.82, 2.24) is 14.9 Å². The Hall–Kier alpha value is -4.33. The van der Waals surface area contributed by atoms with Gasteiger partial charge >= 0.3 is 6.18 Å². The summed E-state index contributed by atoms with van der Waals surface area (Å²) >= 11 is 0. The molecule has 11 heteroatoms. The van der Waals surface area contributed by atoms with Crippen LogP contribution in [0.4, 0.5) is 30.6 Å². The summed E-state index contributed by atoms with van der Waals surface area (Å²) in [6.07, 6.45) is -2.05. The number of nitrogens with zero attached hydrogens (tertiary/aromatic N) is 4. The Bertz CT molecular complexity index is 1300. The van der Waals surface area contributed by atoms with Crippen LogP contribution in [0, 0.1) is 11.3 Å². The molecule has 1 aromatic heterocycles. The molecule has 0 aliphatic carbocycles. The van der Waals surface area contributed by atoms with Gasteiger partial charge in [-0.25, -0.2) is 4.98 Å². The summed E-state index contributed by atoms with van der Waals surface area (Å²) in [5, 5.41) is 14.6. The fourth-order valence-corrected chi connectivity index (χ4v) is 3.87. The van der Waals surface area contributed by atoms with Crippen molar-refractivity contribution in [3.63, 3.8) is 0 Å². The zero-order chi connectivity index (χ0) is 25.7. The lowest BCUT2D eigenvalue weighted by atomic mass is 10.1. The molecule has 1 aliphatic heterocycles. The first kappa shape index (κ1) is 24.8. The number of likely N-dealkylation sites (tertiary alicyclic amines) is 1. The van der Waals surface area contributed by atoms with E-state index >= 15 is 0 Å². The van der Waals surface area contributed by atoms with E-state index in [1.54, 1.807) is 47.4 Å². The lowest BCUT2D eigenvalue weighted by molar-refractivity contribution is -0.137. The number of anilines is 3. The van der Waals surface area contributed by atoms with Gasteiger partial charge in [-0.2, -0.15) is 23.4 Å². The van der Waals surface area contributed by atoms with Gasteiger partial charge in [0.15, 0.2) is 0 Å². The Kier molecular flexibility index (Phi) is 7.24. The second-order valence-electron chi connectivity index (χ2n) is 8.16. The fourth-order valence-electron chi connectivity index (χ4n) is 3.87. The molecule has 4 rings (SSSR count). The second-order valence-corrected chi connectivity index (χ2v) is 8.16. The van der Waals surface area contributed by atoms with Crippen LogP contribution in [0.2, 0.25) is 0 Å². The van der Waals surface area contributed by atoms with Gasteiger partial charge in [0.05, 0.1) is 24.4 Å². The number of methoxy groups -OCH3 is 1. The normalized spacial score (nSPS) is 13.2. The van der Waals surface area contributed by atoms with Crippen LogP contribution in [0.1, 0.15) is 39.9 Å². The molecule has 1 fully saturated rings. The predicted octanol–water partition coefficient (Wildman–Crippen LogP) is 4.97. The number of nitriles is 1. The molecule has 1 amide bonds. The van der Waals surface area contributed by atoms with E-state index < -0.39 is 17.6 Å². The fraction of sp³-hybridized carbons (Fsp3) is 0.280. The zero-order valence-electron chi connectivity index (χ0n) is 19.4. The summed E-state index contributed by atoms with van der Waals surface area (Å²) < 4.78 is 46.1. The number of halogens is 3. The first-order chi connectivity index (χ1) is 17.3. The van der Waals surface area contributed by atoms with Crippen molar-refractivity contribution >= 4 is 23.4 Å². The average Bonchev–Trinajstić information content (AvgIpc) is 3.42. The van der Waals surface area contributed by atoms with Gasteiger partial charge in [0.25, 0.3) is 5.91 Å². The van der Waals surface area contributed by atoms with Crippen LogP contribution >= 0.6 is 0 Å². The Balaban J connectivity index is 1.57. The van der Waals surface area contributed by atoms with Crippen molar-refractivity contribution in [2.24, 2.45) is 0 Å². The van der Waals surface area contributed by atoms with Gasteiger partial charge in [0, 0.05) is 31.4 Å². The molecular formula is C25H23F3N6O2. The van der Waals surface area contributed by atoms with Crippen LogP contribution in [0.3, 0.4) is 0 Å². The summed E-state index contributed by atoms with van der Waals surface area (Å²) in [7, 11) is 1.43. The van der Waals surface area contributed by atoms with Crippen molar-refractivity contribution in [2.75, 3.05) is 30.8 Å². The van der Waals surface area contributed by atoms with Crippen LogP contribution in [0.15, 0.2) is 48.7 Å². The summed E-state index contributed by atoms with van der Waals surface area (Å²) in [4.78, 5) is 22.3. The maximum absolute atomic E-state index is 13.6. The Labute approximate surface area is 205 Å². The molecule has 1 aliphatic rings. The topological polar surface area (TPSA) is 103 Å². The number of alkyl halides is 3. The molecular weight excluding hydrogens is 473 g/mol. The monoisotopic (exact) mass is 496 g/mol. The van der Waals surface area contributed by atoms with E-state index in [0.29, 0.717) is 47.4 Å². The first-order valence-electron chi connectivity index (χ1n) is 11.2. The van der Waals surface area contributed by atoms with Crippen molar-refractivity contribution in [1.29, 1.82) is 5.26 Å². The Morgan fingerprint density at radius 2 is 1.97 bits per heavy atom. The summed E-state index contributed by atoms with van der Waals surface area (Å²) in [6.45, 7) is 1.43. The van der Waals surface area contributed by atoms with Crippen LogP contribution in [0.5, 0.6) is 5.75 Å². The standard InChI is InChI=1S/C25H23F3N6O2/c1-36-21-12-18(23(35)34-9-2-3-10-34)7-8-20(21)32-24-31-15-19(25(26,27)28)22(33-24)30-14-17-6-4-5-16(11-17)13-29/h4-8,11-12,15H,2-3,9-10,14H2,1H3,(H2,30,31,32,33). The van der Waals surface area contributed by atoms with E-state index in [1.165, 1.54) is 7.11 Å². The lowest BCUT2D eigenvalue weighted by Gasteiger charge is -2.18. The van der Waals surface area contributed by atoms with E-state index in [2.05, 4.69) is 20.6 Å². The molecule has 1 saturated heterocycles. The van der Waals surface area contributed by atoms with Gasteiger partial charge in [0.2, 0.25) is 5.95 Å². The first-order valence-corrected chi connectivity index (χ1v) is 11.2. The molecule has 0 bridgehead atoms. The highest BCUT2D eigenvalue weighted by Gasteiger charge is 2.35. The number of benzene rings is 2. The SMILES string of the molecule is COc1cc(C(=O)N2CCCC2)ccc1Nc1ncc(C(F)(F)F)c(NCc2cccc(C#N)c2)n1. The minimum Gasteiger partial charge on any atom is -0.495 e. The molecule has 2 N–H and O–H groups in total. The van der Waals surface area contributed by atoms with Crippen molar-refractivity contribution < 1.29 is 22.7 Å². The lowest BCUT2D eigenvalue weighted by Crippen LogP contribution is -2.27. The smallest absolute Gasteiger partial charge is 0.421 e. The third-order valence-electron chi connectivity index (χ3n) is 5.70. The molecule has 0 radical (unpaired) electrons. The number of carbonyl (C=O) groups is 1. The van der Waals surface area contributed by atoms with Crippen molar-refractivity contribution in [2.45, 2.75) is 25.6 Å². The molecule has 2 aromatic carbocycles. The van der Waals surface area contributed by atoms with Crippen LogP contribution < -0.4 is 15.4 Å². The van der Waals surface area contributed by atoms with Gasteiger partial charge < -0.3 is 20.3 Å². The highest BCUT2D eigenvalue weighted by Crippen LogP contribution is 2.35. The molecule has 3 aromatic rings. The zero-order valence-corrected chi connectivity index (χ0v) is 19.4. The number of ether oxygens (including phenoxy) is 1. The molecule has 0 atom stereocenters. The molecule has 0 unspecified atom stereocenters. The quantitative estimate of drug-likeness (QED) is 0.476. The summed E-state index contributed by atoms with van der Waals surface area (Å²) in [5.41, 5.74) is 0.838. The van der Waals surface area contributed by atoms with E-state index in [9.17, 15) is 18.0 Å². The number of rotatable bonds is 7. The molecule has 36 heavy (non-hydrogen) atoms. The van der Waals surface area contributed by atoms with Crippen molar-refractivity contribution in [3.8, 4) is 11.8 Å². The third-order valence-corrected chi connectivity index (χ3v) is 5.70. The molecule has 0 saturated carbocycles. The van der Waals surface area contributed by atoms with Gasteiger partial charge in [-0.1, -0.05) is 12.1 Å². The van der Waals surface area contributed by atoms with E-state index in [4.69, 9.17) is 10.00 Å². The van der Waals surface area contributed by atoms with Gasteiger partial charge in [-0.3, -0.25) is 4.79 Å². The number of carbonyl (C=O) groups excluding carboxylic acids is 1. The van der Waals surface area contributed by atoms with Gasteiger partial charge in [0.1, 0.15) is 17.1 Å². The third kappa shape index (κ3) is 5.66. The maximum Gasteiger partial charge on any atom is 0.421 e. The van der Waals surface area contributed by atoms with E-state index in [0.717, 1.165) is 12.8 Å². The molecule has 0 spiro atoms. The molecule has 186 valence electrons. The van der Waals surface area contributed by atoms with Crippen LogP contribution in [0.25, 0.3) is 0 Å². The summed E-state index contributed by atoms with van der Waals surface area (Å²) in [6, 6.07) is 13.3. The second kappa shape index (κ2) is 10.5.